The highest BCUT2D eigenvalue weighted by atomic mass is 19.1. The summed E-state index contributed by atoms with van der Waals surface area (Å²) in [5, 5.41) is 18.8. The van der Waals surface area contributed by atoms with Crippen LogP contribution in [-0.4, -0.2) is 60.5 Å². The molecule has 2 aromatic heterocycles. The number of nitrogens with two attached hydrogens (primary N) is 1. The highest BCUT2D eigenvalue weighted by Gasteiger charge is 2.26. The lowest BCUT2D eigenvalue weighted by atomic mass is 9.91. The Kier molecular flexibility index (Phi) is 20.3. The minimum Gasteiger partial charge on any atom is -0.477 e. The molecule has 0 radical (unpaired) electrons. The van der Waals surface area contributed by atoms with Crippen molar-refractivity contribution in [3.63, 3.8) is 0 Å². The zero-order chi connectivity index (χ0) is 49.0. The number of hydrogen-bond acceptors (Lipinski definition) is 11. The van der Waals surface area contributed by atoms with E-state index in [0.717, 1.165) is 60.8 Å². The highest BCUT2D eigenvalue weighted by Crippen LogP contribution is 2.21. The van der Waals surface area contributed by atoms with Gasteiger partial charge in [0.15, 0.2) is 0 Å². The summed E-state index contributed by atoms with van der Waals surface area (Å²) in [6.07, 6.45) is 5.91. The summed E-state index contributed by atoms with van der Waals surface area (Å²) < 4.78 is 36.2. The van der Waals surface area contributed by atoms with E-state index in [1.807, 2.05) is 92.7 Å². The van der Waals surface area contributed by atoms with Crippen LogP contribution < -0.4 is 32.9 Å². The van der Waals surface area contributed by atoms with E-state index >= 15 is 0 Å². The number of nitrogens with one attached hydrogen (secondary N) is 3. The fourth-order valence-corrected chi connectivity index (χ4v) is 7.52. The Balaban J connectivity index is 0.000000237. The molecule has 15 nitrogen and oxygen atoms in total. The standard InChI is InChI=1S/C25H26N2O5.C14H20N2O2.C11H8O4.CH3F.CH4/c1-16-7-8-18-14-21(24(29)32-22(18)13-16)23(28)26-19-9-11-20(12-10-19)27-25(30)31-15-17-5-3-2-4-6-17;15-12-6-8-13(9-7-12)16-14(17)18-10-11-4-2-1-3-5-11;1-6-2-3-7-5-8(10(12)13)11(14)15-9(7)4-6;1-2;/h2-8,13-14,19-20H,9-12,15H2,1H3,(H,26,28)(H,27,30);1-5,12-13H,6-10,15H2,(H,16,17);2-5H,1H3,(H,12,13);1H3;1H4/i;;;1D;. The van der Waals surface area contributed by atoms with E-state index in [9.17, 15) is 33.2 Å². The van der Waals surface area contributed by atoms with Crippen molar-refractivity contribution in [1.29, 1.82) is 0 Å². The molecule has 0 unspecified atom stereocenters. The fraction of sp³-hybridized carbons (Fsp3) is 0.346. The maximum absolute atomic E-state index is 12.7. The largest absolute Gasteiger partial charge is 0.477 e. The summed E-state index contributed by atoms with van der Waals surface area (Å²) in [6, 6.07) is 33.3. The van der Waals surface area contributed by atoms with E-state index in [1.54, 1.807) is 24.3 Å². The number of aryl methyl sites for hydroxylation is 2. The van der Waals surface area contributed by atoms with Gasteiger partial charge in [0.05, 0.1) is 8.52 Å². The number of carbonyl (C=O) groups is 4. The van der Waals surface area contributed by atoms with Gasteiger partial charge in [-0.15, -0.1) is 0 Å². The Morgan fingerprint density at radius 3 is 1.44 bits per heavy atom. The van der Waals surface area contributed by atoms with Crippen molar-refractivity contribution in [2.45, 2.75) is 110 Å². The molecule has 0 atom stereocenters. The molecule has 8 rings (SSSR count). The molecule has 0 aliphatic heterocycles. The zero-order valence-electron chi connectivity index (χ0n) is 38.5. The number of halogens is 1. The number of carbonyl (C=O) groups excluding carboxylic acids is 3. The average molecular weight is 938 g/mol. The molecule has 2 aliphatic rings. The van der Waals surface area contributed by atoms with Crippen LogP contribution in [0.2, 0.25) is 0 Å². The van der Waals surface area contributed by atoms with E-state index in [2.05, 4.69) is 16.0 Å². The van der Waals surface area contributed by atoms with Crippen LogP contribution in [0.1, 0.15) is 103 Å². The summed E-state index contributed by atoms with van der Waals surface area (Å²) in [6.45, 7) is 4.32. The first kappa shape index (κ1) is 51.7. The molecule has 68 heavy (non-hydrogen) atoms. The predicted octanol–water partition coefficient (Wildman–Crippen LogP) is 9.27. The van der Waals surface area contributed by atoms with E-state index in [1.165, 1.54) is 6.07 Å². The summed E-state index contributed by atoms with van der Waals surface area (Å²) in [5.41, 5.74) is 8.76. The summed E-state index contributed by atoms with van der Waals surface area (Å²) in [4.78, 5) is 70.5. The second-order valence-corrected chi connectivity index (χ2v) is 16.3. The number of amides is 3. The Labute approximate surface area is 395 Å². The quantitative estimate of drug-likeness (QED) is 0.0855. The number of alkyl halides is 1. The summed E-state index contributed by atoms with van der Waals surface area (Å²) in [7, 11) is -1.00. The number of hydrogen-bond donors (Lipinski definition) is 5. The molecule has 2 heterocycles. The number of carboxylic acids is 1. The first-order valence-electron chi connectivity index (χ1n) is 22.6. The maximum Gasteiger partial charge on any atom is 0.407 e. The van der Waals surface area contributed by atoms with Gasteiger partial charge in [0.1, 0.15) is 35.5 Å². The van der Waals surface area contributed by atoms with Gasteiger partial charge >= 0.3 is 29.4 Å². The number of aromatic carboxylic acids is 1. The summed E-state index contributed by atoms with van der Waals surface area (Å²) in [5.74, 6) is -1.70. The van der Waals surface area contributed by atoms with Gasteiger partial charge in [-0.1, -0.05) is 92.4 Å². The third-order valence-corrected chi connectivity index (χ3v) is 11.2. The van der Waals surface area contributed by atoms with Gasteiger partial charge in [0.25, 0.3) is 5.91 Å². The third-order valence-electron chi connectivity index (χ3n) is 11.2. The fourth-order valence-electron chi connectivity index (χ4n) is 7.52. The minimum atomic E-state index is -1.27. The van der Waals surface area contributed by atoms with Crippen molar-refractivity contribution in [2.24, 2.45) is 5.73 Å². The minimum absolute atomic E-state index is 0. The molecule has 2 aliphatic carbocycles. The van der Waals surface area contributed by atoms with Gasteiger partial charge in [-0.05, 0) is 112 Å². The number of carboxylic acid groups (broad SMARTS) is 1. The Morgan fingerprint density at radius 1 is 0.632 bits per heavy atom. The molecule has 4 aromatic carbocycles. The van der Waals surface area contributed by atoms with E-state index < -0.39 is 36.4 Å². The topological polar surface area (TPSA) is 229 Å². The molecule has 0 saturated heterocycles. The first-order valence-corrected chi connectivity index (χ1v) is 21.9. The lowest BCUT2D eigenvalue weighted by Crippen LogP contribution is -2.44. The molecule has 0 bridgehead atoms. The van der Waals surface area contributed by atoms with Crippen LogP contribution in [0.15, 0.2) is 128 Å². The summed E-state index contributed by atoms with van der Waals surface area (Å²) >= 11 is 0. The first-order chi connectivity index (χ1) is 32.7. The van der Waals surface area contributed by atoms with Crippen LogP contribution in [0.3, 0.4) is 0 Å². The Morgan fingerprint density at radius 2 is 1.01 bits per heavy atom. The van der Waals surface area contributed by atoms with E-state index in [-0.39, 0.29) is 49.4 Å². The van der Waals surface area contributed by atoms with Crippen molar-refractivity contribution >= 4 is 46.0 Å². The molecule has 16 heteroatoms. The Bertz CT molecular complexity index is 2720. The lowest BCUT2D eigenvalue weighted by Gasteiger charge is -2.29. The van der Waals surface area contributed by atoms with E-state index in [4.69, 9.17) is 30.5 Å². The van der Waals surface area contributed by atoms with Crippen molar-refractivity contribution in [2.75, 3.05) is 7.15 Å². The van der Waals surface area contributed by atoms with Gasteiger partial charge < -0.3 is 45.1 Å². The van der Waals surface area contributed by atoms with Crippen LogP contribution in [0.5, 0.6) is 0 Å². The SMILES string of the molecule is C.Cc1ccc2cc(C(=O)NC3CCC(NC(=O)OCc4ccccc4)CC3)c(=O)oc2c1.Cc1ccc2cc(C(=O)O)c(=O)oc2c1.NC1CCC(NC(=O)OCc2ccccc2)CC1.[2H]CF. The van der Waals surface area contributed by atoms with Crippen LogP contribution >= 0.6 is 0 Å². The van der Waals surface area contributed by atoms with Gasteiger partial charge in [-0.3, -0.25) is 9.18 Å². The molecule has 2 fully saturated rings. The number of alkyl carbamates (subject to hydrolysis) is 2. The van der Waals surface area contributed by atoms with Crippen LogP contribution in [0.25, 0.3) is 21.9 Å². The maximum atomic E-state index is 12.7. The van der Waals surface area contributed by atoms with Crippen LogP contribution in [-0.2, 0) is 22.7 Å². The predicted molar refractivity (Wildman–Crippen MR) is 258 cm³/mol. The third kappa shape index (κ3) is 16.5. The van der Waals surface area contributed by atoms with Crippen molar-refractivity contribution in [3.8, 4) is 0 Å². The molecule has 6 N–H and O–H groups in total. The molecule has 362 valence electrons. The molecule has 0 spiro atoms. The Hall–Kier alpha value is -7.33. The molecular weight excluding hydrogens is 876 g/mol. The van der Waals surface area contributed by atoms with Gasteiger partial charge in [0, 0.05) is 34.9 Å². The van der Waals surface area contributed by atoms with Crippen molar-refractivity contribution in [3.05, 3.63) is 163 Å². The monoisotopic (exact) mass is 937 g/mol. The molecule has 3 amide bonds. The normalized spacial score (nSPS) is 17.3. The number of benzene rings is 4. The van der Waals surface area contributed by atoms with Gasteiger partial charge in [-0.25, -0.2) is 24.0 Å². The number of rotatable bonds is 9. The molecule has 2 saturated carbocycles. The average Bonchev–Trinajstić information content (AvgIpc) is 3.32. The van der Waals surface area contributed by atoms with Crippen LogP contribution in [0, 0.1) is 13.8 Å². The second-order valence-electron chi connectivity index (χ2n) is 16.3. The van der Waals surface area contributed by atoms with Crippen molar-refractivity contribution < 1.29 is 48.4 Å². The number of ether oxygens (including phenoxy) is 2. The smallest absolute Gasteiger partial charge is 0.407 e. The molecule has 6 aromatic rings. The second kappa shape index (κ2) is 26.7. The van der Waals surface area contributed by atoms with Crippen LogP contribution in [0.4, 0.5) is 14.0 Å². The zero-order valence-corrected chi connectivity index (χ0v) is 37.5. The van der Waals surface area contributed by atoms with Gasteiger partial charge in [-0.2, -0.15) is 0 Å². The van der Waals surface area contributed by atoms with Gasteiger partial charge in [0.2, 0.25) is 0 Å². The number of fused-ring (bicyclic) bond motifs is 2. The van der Waals surface area contributed by atoms with E-state index in [0.29, 0.717) is 47.4 Å². The van der Waals surface area contributed by atoms with Crippen molar-refractivity contribution in [1.82, 2.24) is 16.0 Å². The molecular formula is C52H61FN4O11. The highest BCUT2D eigenvalue weighted by molar-refractivity contribution is 5.97. The lowest BCUT2D eigenvalue weighted by molar-refractivity contribution is 0.0692.